The lowest BCUT2D eigenvalue weighted by molar-refractivity contribution is 0.415. The van der Waals surface area contributed by atoms with Crippen LogP contribution in [0.15, 0.2) is 6.20 Å². The molecule has 0 bridgehead atoms. The maximum atomic E-state index is 5.66. The van der Waals surface area contributed by atoms with Gasteiger partial charge in [-0.15, -0.1) is 0 Å². The first-order valence-electron chi connectivity index (χ1n) is 3.54. The minimum Gasteiger partial charge on any atom is -0.397 e. The second-order valence-electron chi connectivity index (χ2n) is 2.76. The van der Waals surface area contributed by atoms with E-state index < -0.39 is 0 Å². The van der Waals surface area contributed by atoms with Crippen molar-refractivity contribution in [2.45, 2.75) is 6.42 Å². The Bertz CT molecular complexity index is 219. The molecule has 0 unspecified atom stereocenters. The molecular weight excluding hydrogens is 158 g/mol. The monoisotopic (exact) mass is 171 g/mol. The Morgan fingerprint density at radius 2 is 2.36 bits per heavy atom. The van der Waals surface area contributed by atoms with E-state index in [9.17, 15) is 0 Å². The van der Waals surface area contributed by atoms with Gasteiger partial charge in [0.05, 0.1) is 11.9 Å². The highest BCUT2D eigenvalue weighted by Crippen LogP contribution is 2.15. The molecule has 0 fully saturated rings. The van der Waals surface area contributed by atoms with E-state index in [4.69, 9.17) is 5.73 Å². The van der Waals surface area contributed by atoms with Crippen molar-refractivity contribution in [3.63, 3.8) is 0 Å². The average Bonchev–Trinajstić information content (AvgIpc) is 2.31. The quantitative estimate of drug-likeness (QED) is 0.732. The largest absolute Gasteiger partial charge is 0.397 e. The zero-order valence-electron chi connectivity index (χ0n) is 6.87. The molecule has 0 aromatic carbocycles. The lowest BCUT2D eigenvalue weighted by Crippen LogP contribution is -2.14. The van der Waals surface area contributed by atoms with Gasteiger partial charge in [-0.05, 0) is 32.0 Å². The zero-order chi connectivity index (χ0) is 8.27. The van der Waals surface area contributed by atoms with Gasteiger partial charge in [-0.1, -0.05) is 0 Å². The number of hydrogen-bond acceptors (Lipinski definition) is 4. The number of aromatic nitrogens is 1. The lowest BCUT2D eigenvalue weighted by atomic mass is 10.3. The molecule has 4 heteroatoms. The third-order valence-corrected chi connectivity index (χ3v) is 2.33. The first-order valence-corrected chi connectivity index (χ1v) is 4.31. The fraction of sp³-hybridized carbons (Fsp3) is 0.571. The molecule has 0 atom stereocenters. The van der Waals surface area contributed by atoms with E-state index in [2.05, 4.69) is 23.4 Å². The van der Waals surface area contributed by atoms with E-state index in [1.807, 2.05) is 0 Å². The molecule has 1 rings (SSSR count). The molecule has 1 heterocycles. The molecule has 11 heavy (non-hydrogen) atoms. The molecule has 0 saturated heterocycles. The predicted octanol–water partition coefficient (Wildman–Crippen LogP) is 0.829. The summed E-state index contributed by atoms with van der Waals surface area (Å²) in [4.78, 5) is 3.33. The first kappa shape index (κ1) is 8.49. The summed E-state index contributed by atoms with van der Waals surface area (Å²) in [7, 11) is 4.11. The van der Waals surface area contributed by atoms with Crippen molar-refractivity contribution < 1.29 is 0 Å². The average molecular weight is 171 g/mol. The maximum Gasteiger partial charge on any atom is 0.0660 e. The van der Waals surface area contributed by atoms with Gasteiger partial charge in [0.15, 0.2) is 0 Å². The molecule has 0 aliphatic carbocycles. The van der Waals surface area contributed by atoms with Gasteiger partial charge in [-0.25, -0.2) is 0 Å². The summed E-state index contributed by atoms with van der Waals surface area (Å²) in [6.07, 6.45) is 2.72. The van der Waals surface area contributed by atoms with Crippen molar-refractivity contribution in [2.75, 3.05) is 26.4 Å². The van der Waals surface area contributed by atoms with Gasteiger partial charge >= 0.3 is 0 Å². The number of anilines is 1. The number of nitrogens with zero attached hydrogens (tertiary/aromatic N) is 2. The van der Waals surface area contributed by atoms with Gasteiger partial charge < -0.3 is 10.6 Å². The van der Waals surface area contributed by atoms with Crippen molar-refractivity contribution in [3.8, 4) is 0 Å². The minimum absolute atomic E-state index is 0.830. The molecule has 0 aliphatic heterocycles. The Kier molecular flexibility index (Phi) is 2.84. The van der Waals surface area contributed by atoms with Crippen LogP contribution in [0.4, 0.5) is 5.69 Å². The Morgan fingerprint density at radius 3 is 2.82 bits per heavy atom. The zero-order valence-corrected chi connectivity index (χ0v) is 7.69. The summed E-state index contributed by atoms with van der Waals surface area (Å²) >= 11 is 1.49. The van der Waals surface area contributed by atoms with E-state index in [-0.39, 0.29) is 0 Å². The number of hydrogen-bond donors (Lipinski definition) is 1. The fourth-order valence-electron chi connectivity index (χ4n) is 0.787. The van der Waals surface area contributed by atoms with Crippen LogP contribution in [0, 0.1) is 0 Å². The van der Waals surface area contributed by atoms with Crippen molar-refractivity contribution in [3.05, 3.63) is 11.1 Å². The Labute approximate surface area is 71.0 Å². The molecule has 2 N–H and O–H groups in total. The van der Waals surface area contributed by atoms with Crippen LogP contribution in [0.2, 0.25) is 0 Å². The van der Waals surface area contributed by atoms with Gasteiger partial charge in [0.2, 0.25) is 0 Å². The van der Waals surface area contributed by atoms with Gasteiger partial charge in [-0.2, -0.15) is 4.37 Å². The third kappa shape index (κ3) is 2.48. The van der Waals surface area contributed by atoms with Crippen LogP contribution >= 0.6 is 11.5 Å². The fourth-order valence-corrected chi connectivity index (χ4v) is 1.42. The number of nitrogens with two attached hydrogens (primary N) is 1. The van der Waals surface area contributed by atoms with Crippen molar-refractivity contribution >= 4 is 17.2 Å². The molecule has 3 nitrogen and oxygen atoms in total. The Balaban J connectivity index is 2.44. The predicted molar refractivity (Wildman–Crippen MR) is 48.8 cm³/mol. The van der Waals surface area contributed by atoms with Gasteiger partial charge in [0.25, 0.3) is 0 Å². The van der Waals surface area contributed by atoms with E-state index in [1.165, 1.54) is 16.4 Å². The highest BCUT2D eigenvalue weighted by Gasteiger charge is 2.01. The second-order valence-corrected chi connectivity index (χ2v) is 3.64. The van der Waals surface area contributed by atoms with Crippen LogP contribution in [0.25, 0.3) is 0 Å². The Hall–Kier alpha value is -0.610. The summed E-state index contributed by atoms with van der Waals surface area (Å²) in [6.45, 7) is 1.03. The summed E-state index contributed by atoms with van der Waals surface area (Å²) in [6, 6.07) is 0. The Morgan fingerprint density at radius 1 is 1.64 bits per heavy atom. The molecular formula is C7H13N3S. The third-order valence-electron chi connectivity index (χ3n) is 1.46. The van der Waals surface area contributed by atoms with Crippen LogP contribution in [0.1, 0.15) is 4.88 Å². The normalized spacial score (nSPS) is 10.8. The molecule has 1 aromatic heterocycles. The first-order chi connectivity index (χ1) is 5.20. The molecule has 0 amide bonds. The van der Waals surface area contributed by atoms with Crippen molar-refractivity contribution in [1.29, 1.82) is 0 Å². The SMILES string of the molecule is CN(C)CCc1sncc1N. The van der Waals surface area contributed by atoms with Crippen LogP contribution in [-0.2, 0) is 6.42 Å². The summed E-state index contributed by atoms with van der Waals surface area (Å²) in [5.41, 5.74) is 6.49. The minimum atomic E-state index is 0.830. The van der Waals surface area contributed by atoms with Gasteiger partial charge in [0.1, 0.15) is 0 Å². The molecule has 0 spiro atoms. The number of rotatable bonds is 3. The molecule has 0 saturated carbocycles. The summed E-state index contributed by atoms with van der Waals surface area (Å²) in [5, 5.41) is 0. The summed E-state index contributed by atoms with van der Waals surface area (Å²) in [5.74, 6) is 0. The van der Waals surface area contributed by atoms with E-state index in [0.717, 1.165) is 18.7 Å². The molecule has 0 aliphatic rings. The smallest absolute Gasteiger partial charge is 0.0660 e. The number of likely N-dealkylation sites (N-methyl/N-ethyl adjacent to an activating group) is 1. The molecule has 62 valence electrons. The number of nitrogen functional groups attached to an aromatic ring is 1. The second kappa shape index (κ2) is 3.69. The van der Waals surface area contributed by atoms with E-state index >= 15 is 0 Å². The molecule has 0 radical (unpaired) electrons. The lowest BCUT2D eigenvalue weighted by Gasteiger charge is -2.07. The van der Waals surface area contributed by atoms with Crippen LogP contribution in [-0.4, -0.2) is 29.9 Å². The maximum absolute atomic E-state index is 5.66. The van der Waals surface area contributed by atoms with Gasteiger partial charge in [-0.3, -0.25) is 0 Å². The highest BCUT2D eigenvalue weighted by atomic mass is 32.1. The van der Waals surface area contributed by atoms with Crippen molar-refractivity contribution in [1.82, 2.24) is 9.27 Å². The van der Waals surface area contributed by atoms with E-state index in [1.54, 1.807) is 6.20 Å². The van der Waals surface area contributed by atoms with E-state index in [0.29, 0.717) is 0 Å². The standard InChI is InChI=1S/C7H13N3S/c1-10(2)4-3-7-6(8)5-9-11-7/h5H,3-4,8H2,1-2H3. The van der Waals surface area contributed by atoms with Gasteiger partial charge in [0, 0.05) is 11.4 Å². The highest BCUT2D eigenvalue weighted by molar-refractivity contribution is 7.06. The van der Waals surface area contributed by atoms with Crippen molar-refractivity contribution in [2.24, 2.45) is 0 Å². The molecule has 1 aromatic rings. The van der Waals surface area contributed by atoms with Crippen LogP contribution < -0.4 is 5.73 Å². The van der Waals surface area contributed by atoms with Crippen LogP contribution in [0.5, 0.6) is 0 Å². The summed E-state index contributed by atoms with van der Waals surface area (Å²) < 4.78 is 4.00. The van der Waals surface area contributed by atoms with Crippen LogP contribution in [0.3, 0.4) is 0 Å². The topological polar surface area (TPSA) is 42.2 Å².